The molecule has 12 rings (SSSR count). The largest absolute Gasteiger partial charge is 0.356 e. The zero-order chi connectivity index (χ0) is 50.6. The molecule has 0 saturated heterocycles. The third kappa shape index (κ3) is 7.18. The lowest BCUT2D eigenvalue weighted by atomic mass is 9.35. The highest BCUT2D eigenvalue weighted by Crippen LogP contribution is 2.54. The summed E-state index contributed by atoms with van der Waals surface area (Å²) in [5.74, 6) is 0. The highest BCUT2D eigenvalue weighted by Gasteiger charge is 2.48. The van der Waals surface area contributed by atoms with Gasteiger partial charge in [-0.2, -0.15) is 0 Å². The second kappa shape index (κ2) is 16.0. The van der Waals surface area contributed by atoms with Crippen molar-refractivity contribution in [3.05, 3.63) is 172 Å². The Kier molecular flexibility index (Phi) is 10.4. The van der Waals surface area contributed by atoms with Crippen molar-refractivity contribution in [3.63, 3.8) is 0 Å². The van der Waals surface area contributed by atoms with E-state index in [1.165, 1.54) is 136 Å². The van der Waals surface area contributed by atoms with Crippen LogP contribution in [0.4, 0.5) is 45.5 Å². The van der Waals surface area contributed by atoms with Crippen LogP contribution in [0.2, 0.25) is 0 Å². The number of anilines is 8. The van der Waals surface area contributed by atoms with Crippen LogP contribution in [-0.4, -0.2) is 6.71 Å². The maximum absolute atomic E-state index is 4.35. The van der Waals surface area contributed by atoms with Crippen molar-refractivity contribution in [2.75, 3.05) is 15.1 Å². The summed E-state index contributed by atoms with van der Waals surface area (Å²) < 4.78 is 2.85. The molecule has 5 heteroatoms. The van der Waals surface area contributed by atoms with Crippen molar-refractivity contribution >= 4 is 89.3 Å². The maximum atomic E-state index is 4.35. The van der Waals surface area contributed by atoms with Gasteiger partial charge >= 0.3 is 0 Å². The number of hydrogen-bond acceptors (Lipinski definition) is 4. The molecule has 0 radical (unpaired) electrons. The van der Waals surface area contributed by atoms with Gasteiger partial charge in [0.25, 0.3) is 6.71 Å². The highest BCUT2D eigenvalue weighted by molar-refractivity contribution is 7.33. The Balaban J connectivity index is 1.16. The summed E-state index contributed by atoms with van der Waals surface area (Å²) in [4.78, 5) is 5.08. The van der Waals surface area contributed by atoms with Crippen LogP contribution in [0.15, 0.2) is 127 Å². The Morgan fingerprint density at radius 1 is 0.556 bits per heavy atom. The summed E-state index contributed by atoms with van der Waals surface area (Å²) in [5, 5.41) is 5.73. The number of aryl methyl sites for hydroxylation is 3. The monoisotopic (exact) mass is 962 g/mol. The molecule has 2 aliphatic heterocycles. The lowest BCUT2D eigenvalue weighted by Gasteiger charge is -2.45. The first-order valence-corrected chi connectivity index (χ1v) is 27.5. The first-order chi connectivity index (χ1) is 34.0. The first kappa shape index (κ1) is 47.0. The van der Waals surface area contributed by atoms with Crippen molar-refractivity contribution in [2.24, 2.45) is 0 Å². The number of nitrogens with one attached hydrogen (secondary N) is 1. The van der Waals surface area contributed by atoms with Crippen LogP contribution in [0.1, 0.15) is 146 Å². The molecule has 1 N–H and O–H groups in total. The Hall–Kier alpha value is -6.04. The van der Waals surface area contributed by atoms with Gasteiger partial charge in [0.1, 0.15) is 0 Å². The number of rotatable bonds is 5. The van der Waals surface area contributed by atoms with Gasteiger partial charge in [0, 0.05) is 60.2 Å². The molecule has 364 valence electrons. The van der Waals surface area contributed by atoms with Gasteiger partial charge in [-0.1, -0.05) is 131 Å². The van der Waals surface area contributed by atoms with E-state index in [0.717, 1.165) is 17.1 Å². The molecule has 0 amide bonds. The fourth-order valence-corrected chi connectivity index (χ4v) is 14.8. The van der Waals surface area contributed by atoms with Crippen molar-refractivity contribution in [1.29, 1.82) is 0 Å². The predicted octanol–water partition coefficient (Wildman–Crippen LogP) is 17.3. The van der Waals surface area contributed by atoms with Gasteiger partial charge in [-0.05, 0) is 207 Å². The number of nitrogens with zero attached hydrogens (tertiary/aromatic N) is 2. The fourth-order valence-electron chi connectivity index (χ4n) is 13.4. The SMILES string of the molecule is Cc1cc(N(c2ccccc2)c2ccccc2)cc(C)c1-c1c(C)cc2c3c1Nc1cc4c(cc1B3c1sc3cc5c(cc3c1N2c1ccc(C(C)(C)C)cc1)C(C)(C)CCC5(C)C)C(C)(C)CCC4(C)C. The fraction of sp³-hybridized carbons (Fsp3) is 0.343. The standard InChI is InChI=1S/C67H72BN3S/c1-40-33-47(70(44-21-17-15-18-22-44)45-23-19-16-20-24-45)34-41(2)57(40)58-42(3)35-55-59-60(58)69-54-38-51-50(65(9,10)30-31-66(51,11)12)37-53(54)68(59)62-61(71(55)46-27-25-43(26-28-46)63(4,5)6)48-36-49-52(39-56(48)72-62)67(13,14)32-29-64(49,7)8/h15-28,33-39,69H,29-32H2,1-14H3. The van der Waals surface area contributed by atoms with Gasteiger partial charge in [0.2, 0.25) is 0 Å². The van der Waals surface area contributed by atoms with Crippen LogP contribution < -0.4 is 30.8 Å². The lowest BCUT2D eigenvalue weighted by molar-refractivity contribution is 0.332. The van der Waals surface area contributed by atoms with Gasteiger partial charge in [0.15, 0.2) is 0 Å². The van der Waals surface area contributed by atoms with E-state index in [-0.39, 0.29) is 33.8 Å². The number of hydrogen-bond donors (Lipinski definition) is 1. The van der Waals surface area contributed by atoms with Gasteiger partial charge in [-0.15, -0.1) is 11.3 Å². The molecule has 3 heterocycles. The van der Waals surface area contributed by atoms with Gasteiger partial charge in [-0.25, -0.2) is 0 Å². The predicted molar refractivity (Wildman–Crippen MR) is 314 cm³/mol. The van der Waals surface area contributed by atoms with E-state index in [1.54, 1.807) is 0 Å². The number of thiophene rings is 1. The van der Waals surface area contributed by atoms with Crippen LogP contribution in [0, 0.1) is 20.8 Å². The molecule has 72 heavy (non-hydrogen) atoms. The molecule has 0 saturated carbocycles. The van der Waals surface area contributed by atoms with Crippen molar-refractivity contribution in [2.45, 2.75) is 150 Å². The van der Waals surface area contributed by atoms with Crippen LogP contribution >= 0.6 is 11.3 Å². The molecule has 0 atom stereocenters. The summed E-state index contributed by atoms with van der Waals surface area (Å²) >= 11 is 2.06. The summed E-state index contributed by atoms with van der Waals surface area (Å²) in [6.45, 7) is 33.9. The Labute approximate surface area is 434 Å². The smallest absolute Gasteiger partial charge is 0.264 e. The molecule has 0 bridgehead atoms. The summed E-state index contributed by atoms with van der Waals surface area (Å²) in [5.41, 5.74) is 26.8. The average molecular weight is 962 g/mol. The Morgan fingerprint density at radius 3 is 1.60 bits per heavy atom. The summed E-state index contributed by atoms with van der Waals surface area (Å²) in [6.07, 6.45) is 4.74. The van der Waals surface area contributed by atoms with Crippen molar-refractivity contribution < 1.29 is 0 Å². The van der Waals surface area contributed by atoms with Gasteiger partial charge < -0.3 is 15.1 Å². The number of benzene rings is 7. The van der Waals surface area contributed by atoms with Gasteiger partial charge in [-0.3, -0.25) is 0 Å². The van der Waals surface area contributed by atoms with Crippen LogP contribution in [0.5, 0.6) is 0 Å². The van der Waals surface area contributed by atoms with Crippen LogP contribution in [-0.2, 0) is 27.1 Å². The van der Waals surface area contributed by atoms with E-state index >= 15 is 0 Å². The zero-order valence-corrected chi connectivity index (χ0v) is 46.1. The lowest BCUT2D eigenvalue weighted by Crippen LogP contribution is -2.60. The van der Waals surface area contributed by atoms with Crippen molar-refractivity contribution in [3.8, 4) is 11.1 Å². The quantitative estimate of drug-likeness (QED) is 0.173. The summed E-state index contributed by atoms with van der Waals surface area (Å²) in [6, 6.07) is 49.1. The van der Waals surface area contributed by atoms with E-state index in [9.17, 15) is 0 Å². The molecule has 0 spiro atoms. The number of fused-ring (bicyclic) bond motifs is 8. The molecular formula is C67H72BN3S. The minimum atomic E-state index is 0.0406. The maximum Gasteiger partial charge on any atom is 0.264 e. The molecule has 8 aromatic rings. The average Bonchev–Trinajstić information content (AvgIpc) is 3.71. The van der Waals surface area contributed by atoms with Crippen LogP contribution in [0.25, 0.3) is 21.2 Å². The van der Waals surface area contributed by atoms with E-state index in [1.807, 2.05) is 0 Å². The van der Waals surface area contributed by atoms with Crippen LogP contribution in [0.3, 0.4) is 0 Å². The highest BCUT2D eigenvalue weighted by atomic mass is 32.1. The minimum absolute atomic E-state index is 0.0406. The molecule has 7 aromatic carbocycles. The molecule has 1 aromatic heterocycles. The third-order valence-electron chi connectivity index (χ3n) is 17.9. The van der Waals surface area contributed by atoms with E-state index in [0.29, 0.717) is 0 Å². The molecule has 4 aliphatic rings. The normalized spacial score (nSPS) is 17.6. The summed E-state index contributed by atoms with van der Waals surface area (Å²) in [7, 11) is 0. The Morgan fingerprint density at radius 2 is 1.06 bits per heavy atom. The minimum Gasteiger partial charge on any atom is -0.356 e. The molecule has 2 aliphatic carbocycles. The molecule has 0 fully saturated rings. The topological polar surface area (TPSA) is 18.5 Å². The molecular weight excluding hydrogens is 890 g/mol. The Bertz CT molecular complexity index is 3450. The van der Waals surface area contributed by atoms with E-state index < -0.39 is 0 Å². The zero-order valence-electron chi connectivity index (χ0n) is 45.3. The van der Waals surface area contributed by atoms with Gasteiger partial charge in [0.05, 0.1) is 5.69 Å². The van der Waals surface area contributed by atoms with Crippen molar-refractivity contribution in [1.82, 2.24) is 0 Å². The second-order valence-electron chi connectivity index (χ2n) is 25.8. The number of para-hydroxylation sites is 2. The van der Waals surface area contributed by atoms with E-state index in [2.05, 4.69) is 251 Å². The third-order valence-corrected chi connectivity index (χ3v) is 19.1. The molecule has 0 unspecified atom stereocenters. The first-order valence-electron chi connectivity index (χ1n) is 26.7. The second-order valence-corrected chi connectivity index (χ2v) is 26.8. The molecule has 3 nitrogen and oxygen atoms in total. The van der Waals surface area contributed by atoms with E-state index in [4.69, 9.17) is 0 Å².